The fourth-order valence-corrected chi connectivity index (χ4v) is 5.01. The Bertz CT molecular complexity index is 987. The van der Waals surface area contributed by atoms with E-state index in [-0.39, 0.29) is 12.1 Å². The van der Waals surface area contributed by atoms with Gasteiger partial charge in [-0.1, -0.05) is 36.4 Å². The van der Waals surface area contributed by atoms with E-state index in [0.717, 1.165) is 55.6 Å². The minimum atomic E-state index is 0.0410. The monoisotopic (exact) mass is 432 g/mol. The maximum absolute atomic E-state index is 12.7. The van der Waals surface area contributed by atoms with Crippen LogP contribution >= 0.6 is 0 Å². The summed E-state index contributed by atoms with van der Waals surface area (Å²) in [5.41, 5.74) is 11.4. The van der Waals surface area contributed by atoms with Crippen molar-refractivity contribution in [1.82, 2.24) is 10.2 Å². The van der Waals surface area contributed by atoms with Gasteiger partial charge in [-0.05, 0) is 60.9 Å². The third-order valence-corrected chi connectivity index (χ3v) is 6.77. The van der Waals surface area contributed by atoms with E-state index in [0.29, 0.717) is 12.5 Å². The van der Waals surface area contributed by atoms with Crippen LogP contribution in [0.25, 0.3) is 5.57 Å². The fraction of sp³-hybridized carbons (Fsp3) is 0.385. The Morgan fingerprint density at radius 2 is 2.03 bits per heavy atom. The molecular weight excluding hydrogens is 398 g/mol. The Labute approximate surface area is 190 Å². The van der Waals surface area contributed by atoms with Gasteiger partial charge in [-0.25, -0.2) is 4.79 Å². The summed E-state index contributed by atoms with van der Waals surface area (Å²) in [4.78, 5) is 17.2. The highest BCUT2D eigenvalue weighted by Gasteiger charge is 2.31. The Kier molecular flexibility index (Phi) is 6.78. The molecule has 6 heteroatoms. The molecule has 2 aliphatic heterocycles. The van der Waals surface area contributed by atoms with E-state index in [9.17, 15) is 4.79 Å². The second kappa shape index (κ2) is 9.90. The lowest BCUT2D eigenvalue weighted by Crippen LogP contribution is -2.50. The van der Waals surface area contributed by atoms with Crippen molar-refractivity contribution in [2.24, 2.45) is 11.7 Å². The quantitative estimate of drug-likeness (QED) is 0.612. The molecule has 32 heavy (non-hydrogen) atoms. The normalized spacial score (nSPS) is 20.7. The first-order valence-corrected chi connectivity index (χ1v) is 11.5. The molecule has 2 aromatic carbocycles. The highest BCUT2D eigenvalue weighted by molar-refractivity contribution is 6.06. The summed E-state index contributed by atoms with van der Waals surface area (Å²) in [6, 6.07) is 16.8. The van der Waals surface area contributed by atoms with Gasteiger partial charge in [0.1, 0.15) is 0 Å². The summed E-state index contributed by atoms with van der Waals surface area (Å²) in [7, 11) is 0. The topological polar surface area (TPSA) is 87.2 Å². The molecule has 2 unspecified atom stereocenters. The molecule has 2 heterocycles. The second-order valence-electron chi connectivity index (χ2n) is 8.91. The third-order valence-electron chi connectivity index (χ3n) is 6.77. The summed E-state index contributed by atoms with van der Waals surface area (Å²) in [6.45, 7) is 5.63. The van der Waals surface area contributed by atoms with Crippen molar-refractivity contribution in [3.63, 3.8) is 0 Å². The molecule has 0 radical (unpaired) electrons. The van der Waals surface area contributed by atoms with Gasteiger partial charge in [0, 0.05) is 44.1 Å². The van der Waals surface area contributed by atoms with Gasteiger partial charge in [-0.3, -0.25) is 5.41 Å². The largest absolute Gasteiger partial charge is 0.404 e. The molecule has 0 aromatic heterocycles. The number of anilines is 1. The molecule has 6 nitrogen and oxygen atoms in total. The van der Waals surface area contributed by atoms with Crippen LogP contribution in [0.15, 0.2) is 54.7 Å². The van der Waals surface area contributed by atoms with E-state index < -0.39 is 0 Å². The number of urea groups is 1. The van der Waals surface area contributed by atoms with E-state index in [4.69, 9.17) is 11.1 Å². The average Bonchev–Trinajstić information content (AvgIpc) is 3.21. The summed E-state index contributed by atoms with van der Waals surface area (Å²) >= 11 is 0. The number of amides is 2. The van der Waals surface area contributed by atoms with E-state index in [1.54, 1.807) is 12.4 Å². The van der Waals surface area contributed by atoms with E-state index in [1.165, 1.54) is 11.3 Å². The molecule has 0 aliphatic carbocycles. The van der Waals surface area contributed by atoms with Gasteiger partial charge in [0.15, 0.2) is 6.21 Å². The van der Waals surface area contributed by atoms with E-state index in [1.807, 2.05) is 35.2 Å². The molecule has 0 bridgehead atoms. The Morgan fingerprint density at radius 3 is 2.75 bits per heavy atom. The molecule has 5 N–H and O–H groups in total. The number of carbonyl (C=O) groups excluding carboxylic acids is 1. The second-order valence-corrected chi connectivity index (χ2v) is 8.91. The predicted octanol–water partition coefficient (Wildman–Crippen LogP) is 2.19. The number of rotatable bonds is 6. The van der Waals surface area contributed by atoms with Gasteiger partial charge >= 0.3 is 6.03 Å². The van der Waals surface area contributed by atoms with Gasteiger partial charge in [0.25, 0.3) is 0 Å². The van der Waals surface area contributed by atoms with Crippen LogP contribution in [0.5, 0.6) is 0 Å². The average molecular weight is 433 g/mol. The molecule has 168 valence electrons. The number of nitrogens with two attached hydrogens (primary N) is 2. The Balaban J connectivity index is 1.31. The zero-order valence-electron chi connectivity index (χ0n) is 18.8. The summed E-state index contributed by atoms with van der Waals surface area (Å²) in [6.07, 6.45) is 6.22. The van der Waals surface area contributed by atoms with Crippen molar-refractivity contribution in [2.75, 3.05) is 24.5 Å². The Hall–Kier alpha value is -3.28. The number of carbonyl (C=O) groups is 1. The van der Waals surface area contributed by atoms with Crippen LogP contribution in [0.1, 0.15) is 36.5 Å². The van der Waals surface area contributed by atoms with Crippen LogP contribution in [0.2, 0.25) is 0 Å². The maximum atomic E-state index is 12.7. The number of hydrogen-bond acceptors (Lipinski definition) is 3. The van der Waals surface area contributed by atoms with Crippen molar-refractivity contribution in [1.29, 1.82) is 0 Å². The van der Waals surface area contributed by atoms with Gasteiger partial charge in [-0.15, -0.1) is 0 Å². The van der Waals surface area contributed by atoms with Gasteiger partial charge < -0.3 is 20.9 Å². The molecule has 1 fully saturated rings. The first-order valence-electron chi connectivity index (χ1n) is 11.5. The van der Waals surface area contributed by atoms with Crippen LogP contribution in [-0.4, -0.2) is 42.8 Å². The van der Waals surface area contributed by atoms with Crippen LogP contribution in [-0.2, 0) is 13.0 Å². The third kappa shape index (κ3) is 4.79. The first kappa shape index (κ1) is 21.9. The molecule has 2 aliphatic rings. The van der Waals surface area contributed by atoms with Gasteiger partial charge in [0.05, 0.1) is 5.57 Å². The minimum absolute atomic E-state index is 0.0410. The van der Waals surface area contributed by atoms with Crippen LogP contribution in [0.3, 0.4) is 0 Å². The number of hydrogen-bond donors (Lipinski definition) is 3. The number of nitrogens with zero attached hydrogens (tertiary/aromatic N) is 2. The van der Waals surface area contributed by atoms with Crippen LogP contribution in [0, 0.1) is 5.92 Å². The summed E-state index contributed by atoms with van der Waals surface area (Å²) in [5.74, 6) is 0.589. The fourth-order valence-electron chi connectivity index (χ4n) is 5.01. The molecule has 2 amide bonds. The van der Waals surface area contributed by atoms with Crippen LogP contribution < -0.4 is 21.4 Å². The number of fused-ring (bicyclic) bond motifs is 1. The SMILES string of the molecule is CC1CC(CN2CCc3cc(/C(C=[NH2+])=C/N)ccc32)CCN1C(=O)NCc1ccccc1. The maximum Gasteiger partial charge on any atom is 0.317 e. The number of likely N-dealkylation sites (tertiary alicyclic amines) is 1. The molecule has 0 spiro atoms. The van der Waals surface area contributed by atoms with Crippen molar-refractivity contribution >= 4 is 23.5 Å². The molecule has 0 saturated carbocycles. The highest BCUT2D eigenvalue weighted by atomic mass is 16.2. The predicted molar refractivity (Wildman–Crippen MR) is 130 cm³/mol. The molecular formula is C26H34N5O+. The van der Waals surface area contributed by atoms with Crippen molar-refractivity contribution in [3.05, 3.63) is 71.4 Å². The first-order chi connectivity index (χ1) is 15.6. The smallest absolute Gasteiger partial charge is 0.317 e. The lowest BCUT2D eigenvalue weighted by Gasteiger charge is -2.39. The molecule has 2 aromatic rings. The van der Waals surface area contributed by atoms with E-state index in [2.05, 4.69) is 35.3 Å². The zero-order valence-corrected chi connectivity index (χ0v) is 18.8. The van der Waals surface area contributed by atoms with Crippen molar-refractivity contribution in [2.45, 2.75) is 38.8 Å². The standard InChI is InChI=1S/C26H33N5O/c1-19-13-21(9-12-31(19)26(32)29-17-20-5-3-2-4-6-20)18-30-11-10-23-14-22(7-8-25(23)30)24(15-27)16-28/h2-8,14-16,19,21,27H,9-13,17-18,28H2,1H3,(H,29,32)/p+1/b24-16+,27-15?. The molecule has 4 rings (SSSR count). The van der Waals surface area contributed by atoms with Crippen molar-refractivity contribution in [3.8, 4) is 0 Å². The van der Waals surface area contributed by atoms with Gasteiger partial charge in [0.2, 0.25) is 0 Å². The lowest BCUT2D eigenvalue weighted by atomic mass is 9.91. The summed E-state index contributed by atoms with van der Waals surface area (Å²) in [5, 5.41) is 8.76. The molecule has 2 atom stereocenters. The van der Waals surface area contributed by atoms with E-state index >= 15 is 0 Å². The molecule has 1 saturated heterocycles. The van der Waals surface area contributed by atoms with Gasteiger partial charge in [-0.2, -0.15) is 0 Å². The number of allylic oxidation sites excluding steroid dienone is 1. The number of benzene rings is 2. The number of piperidine rings is 1. The zero-order chi connectivity index (χ0) is 22.5. The highest BCUT2D eigenvalue weighted by Crippen LogP contribution is 2.33. The number of nitrogens with one attached hydrogen (secondary N) is 1. The Morgan fingerprint density at radius 1 is 1.22 bits per heavy atom. The van der Waals surface area contributed by atoms with Crippen LogP contribution in [0.4, 0.5) is 10.5 Å². The summed E-state index contributed by atoms with van der Waals surface area (Å²) < 4.78 is 0. The van der Waals surface area contributed by atoms with Crippen molar-refractivity contribution < 1.29 is 10.2 Å². The minimum Gasteiger partial charge on any atom is -0.404 e. The lowest BCUT2D eigenvalue weighted by molar-refractivity contribution is -0.103.